The molecule has 4 rings (SSSR count). The number of ether oxygens (including phenoxy) is 1. The lowest BCUT2D eigenvalue weighted by atomic mass is 10.0. The van der Waals surface area contributed by atoms with Crippen LogP contribution in [0.2, 0.25) is 0 Å². The summed E-state index contributed by atoms with van der Waals surface area (Å²) in [5, 5.41) is 0. The van der Waals surface area contributed by atoms with Crippen molar-refractivity contribution in [1.29, 1.82) is 0 Å². The van der Waals surface area contributed by atoms with Crippen LogP contribution in [0, 0.1) is 27.7 Å². The summed E-state index contributed by atoms with van der Waals surface area (Å²) in [5.41, 5.74) is 11.2. The molecule has 32 heavy (non-hydrogen) atoms. The monoisotopic (exact) mass is 427 g/mol. The normalized spacial score (nSPS) is 13.8. The van der Waals surface area contributed by atoms with Gasteiger partial charge in [-0.05, 0) is 76.4 Å². The van der Waals surface area contributed by atoms with Crippen molar-refractivity contribution in [3.05, 3.63) is 94.1 Å². The van der Waals surface area contributed by atoms with Crippen LogP contribution < -0.4 is 14.5 Å². The first-order valence-corrected chi connectivity index (χ1v) is 11.3. The zero-order chi connectivity index (χ0) is 22.8. The van der Waals surface area contributed by atoms with Crippen LogP contribution in [0.5, 0.6) is 5.75 Å². The number of hydrogen-bond acceptors (Lipinski definition) is 4. The van der Waals surface area contributed by atoms with Crippen molar-refractivity contribution < 1.29 is 4.74 Å². The summed E-state index contributed by atoms with van der Waals surface area (Å²) in [6, 6.07) is 16.9. The van der Waals surface area contributed by atoms with Crippen molar-refractivity contribution in [1.82, 2.24) is 4.98 Å². The van der Waals surface area contributed by atoms with Crippen LogP contribution in [0.25, 0.3) is 0 Å². The summed E-state index contributed by atoms with van der Waals surface area (Å²) >= 11 is 0. The third kappa shape index (κ3) is 4.22. The van der Waals surface area contributed by atoms with E-state index in [1.54, 1.807) is 0 Å². The standard InChI is InChI=1S/C28H33N3O/c1-19-16-21(3)27(22(4)17-19)30-18-31(24(6)23(30)5)28-20(2)10-9-12-26(28)32-15-13-25-11-7-8-14-29-25/h7-12,14,16-17H,13,15,18H2,1-6H3. The molecule has 0 spiro atoms. The van der Waals surface area contributed by atoms with Crippen LogP contribution in [-0.4, -0.2) is 18.3 Å². The summed E-state index contributed by atoms with van der Waals surface area (Å²) < 4.78 is 6.30. The first-order valence-electron chi connectivity index (χ1n) is 11.3. The molecule has 3 aromatic rings. The first kappa shape index (κ1) is 21.9. The smallest absolute Gasteiger partial charge is 0.143 e. The number of para-hydroxylation sites is 1. The molecule has 0 amide bonds. The number of anilines is 2. The molecule has 1 aromatic heterocycles. The Kier molecular flexibility index (Phi) is 6.22. The molecule has 0 saturated carbocycles. The third-order valence-electron chi connectivity index (χ3n) is 6.33. The van der Waals surface area contributed by atoms with E-state index in [0.29, 0.717) is 6.61 Å². The van der Waals surface area contributed by atoms with Gasteiger partial charge in [0.25, 0.3) is 0 Å². The lowest BCUT2D eigenvalue weighted by molar-refractivity contribution is 0.321. The van der Waals surface area contributed by atoms with E-state index in [1.807, 2.05) is 24.4 Å². The van der Waals surface area contributed by atoms with E-state index in [-0.39, 0.29) is 0 Å². The Bertz CT molecular complexity index is 1130. The van der Waals surface area contributed by atoms with Gasteiger partial charge < -0.3 is 14.5 Å². The Labute approximate surface area is 192 Å². The largest absolute Gasteiger partial charge is 0.491 e. The van der Waals surface area contributed by atoms with E-state index < -0.39 is 0 Å². The number of nitrogens with zero attached hydrogens (tertiary/aromatic N) is 3. The average molecular weight is 428 g/mol. The van der Waals surface area contributed by atoms with Crippen molar-refractivity contribution in [2.45, 2.75) is 48.0 Å². The molecule has 2 aromatic carbocycles. The second-order valence-electron chi connectivity index (χ2n) is 8.76. The summed E-state index contributed by atoms with van der Waals surface area (Å²) in [6.07, 6.45) is 2.62. The number of allylic oxidation sites excluding steroid dienone is 2. The molecule has 0 atom stereocenters. The maximum atomic E-state index is 6.30. The van der Waals surface area contributed by atoms with Crippen LogP contribution in [-0.2, 0) is 6.42 Å². The van der Waals surface area contributed by atoms with Crippen LogP contribution >= 0.6 is 0 Å². The molecule has 0 fully saturated rings. The average Bonchev–Trinajstić information content (AvgIpc) is 3.03. The molecule has 0 N–H and O–H groups in total. The van der Waals surface area contributed by atoms with Gasteiger partial charge >= 0.3 is 0 Å². The Hall–Kier alpha value is -3.27. The molecule has 4 heteroatoms. The van der Waals surface area contributed by atoms with Gasteiger partial charge in [-0.3, -0.25) is 4.98 Å². The second kappa shape index (κ2) is 9.07. The van der Waals surface area contributed by atoms with E-state index in [9.17, 15) is 0 Å². The van der Waals surface area contributed by atoms with E-state index in [1.165, 1.54) is 39.3 Å². The van der Waals surface area contributed by atoms with Crippen LogP contribution in [0.4, 0.5) is 11.4 Å². The number of rotatable bonds is 6. The predicted octanol–water partition coefficient (Wildman–Crippen LogP) is 6.47. The van der Waals surface area contributed by atoms with Gasteiger partial charge in [0.2, 0.25) is 0 Å². The molecule has 1 aliphatic rings. The number of hydrogen-bond donors (Lipinski definition) is 0. The summed E-state index contributed by atoms with van der Waals surface area (Å²) in [7, 11) is 0. The minimum atomic E-state index is 0.600. The number of aryl methyl sites for hydroxylation is 4. The molecule has 1 aliphatic heterocycles. The Balaban J connectivity index is 1.61. The molecule has 0 unspecified atom stereocenters. The van der Waals surface area contributed by atoms with Gasteiger partial charge in [-0.15, -0.1) is 0 Å². The summed E-state index contributed by atoms with van der Waals surface area (Å²) in [4.78, 5) is 9.23. The Morgan fingerprint density at radius 3 is 2.12 bits per heavy atom. The minimum Gasteiger partial charge on any atom is -0.491 e. The lowest BCUT2D eigenvalue weighted by Gasteiger charge is -2.28. The van der Waals surface area contributed by atoms with Gasteiger partial charge in [0, 0.05) is 35.4 Å². The highest BCUT2D eigenvalue weighted by molar-refractivity contribution is 5.73. The van der Waals surface area contributed by atoms with Gasteiger partial charge in [-0.1, -0.05) is 35.9 Å². The maximum absolute atomic E-state index is 6.30. The molecular formula is C28H33N3O. The van der Waals surface area contributed by atoms with E-state index >= 15 is 0 Å². The number of benzene rings is 2. The number of pyridine rings is 1. The van der Waals surface area contributed by atoms with E-state index in [0.717, 1.165) is 30.2 Å². The molecule has 0 saturated heterocycles. The van der Waals surface area contributed by atoms with Crippen LogP contribution in [0.3, 0.4) is 0 Å². The zero-order valence-corrected chi connectivity index (χ0v) is 20.1. The highest BCUT2D eigenvalue weighted by atomic mass is 16.5. The van der Waals surface area contributed by atoms with E-state index in [4.69, 9.17) is 4.74 Å². The van der Waals surface area contributed by atoms with Crippen molar-refractivity contribution in [3.63, 3.8) is 0 Å². The first-order chi connectivity index (χ1) is 15.4. The van der Waals surface area contributed by atoms with Gasteiger partial charge in [-0.2, -0.15) is 0 Å². The molecular weight excluding hydrogens is 394 g/mol. The zero-order valence-electron chi connectivity index (χ0n) is 20.1. The van der Waals surface area contributed by atoms with Crippen molar-refractivity contribution >= 4 is 11.4 Å². The highest BCUT2D eigenvalue weighted by Crippen LogP contribution is 2.41. The quantitative estimate of drug-likeness (QED) is 0.451. The predicted molar refractivity (Wildman–Crippen MR) is 133 cm³/mol. The SMILES string of the molecule is CC1=C(C)N(c2c(C)cccc2OCCc2ccccn2)CN1c1c(C)cc(C)cc1C. The lowest BCUT2D eigenvalue weighted by Crippen LogP contribution is -2.29. The Morgan fingerprint density at radius 2 is 1.47 bits per heavy atom. The third-order valence-corrected chi connectivity index (χ3v) is 6.33. The van der Waals surface area contributed by atoms with Crippen LogP contribution in [0.1, 0.15) is 41.8 Å². The van der Waals surface area contributed by atoms with E-state index in [2.05, 4.69) is 86.7 Å². The van der Waals surface area contributed by atoms with Crippen molar-refractivity contribution in [3.8, 4) is 5.75 Å². The second-order valence-corrected chi connectivity index (χ2v) is 8.76. The highest BCUT2D eigenvalue weighted by Gasteiger charge is 2.30. The van der Waals surface area contributed by atoms with Crippen LogP contribution in [0.15, 0.2) is 66.1 Å². The molecule has 4 nitrogen and oxygen atoms in total. The fourth-order valence-corrected chi connectivity index (χ4v) is 4.73. The molecule has 2 heterocycles. The fraction of sp³-hybridized carbons (Fsp3) is 0.321. The van der Waals surface area contributed by atoms with Gasteiger partial charge in [0.1, 0.15) is 5.75 Å². The summed E-state index contributed by atoms with van der Waals surface area (Å²) in [5.74, 6) is 0.923. The van der Waals surface area contributed by atoms with Gasteiger partial charge in [-0.25, -0.2) is 0 Å². The van der Waals surface area contributed by atoms with Crippen molar-refractivity contribution in [2.24, 2.45) is 0 Å². The molecule has 0 radical (unpaired) electrons. The fourth-order valence-electron chi connectivity index (χ4n) is 4.73. The molecule has 0 aliphatic carbocycles. The van der Waals surface area contributed by atoms with Crippen molar-refractivity contribution in [2.75, 3.05) is 23.1 Å². The van der Waals surface area contributed by atoms with Gasteiger partial charge in [0.05, 0.1) is 19.0 Å². The van der Waals surface area contributed by atoms with Gasteiger partial charge in [0.15, 0.2) is 0 Å². The molecule has 166 valence electrons. The molecule has 0 bridgehead atoms. The minimum absolute atomic E-state index is 0.600. The summed E-state index contributed by atoms with van der Waals surface area (Å²) in [6.45, 7) is 14.5. The topological polar surface area (TPSA) is 28.6 Å². The Morgan fingerprint density at radius 1 is 0.781 bits per heavy atom. The number of aromatic nitrogens is 1. The maximum Gasteiger partial charge on any atom is 0.143 e.